The molecule has 0 saturated heterocycles. The number of benzene rings is 1. The molecule has 4 rings (SSSR count). The summed E-state index contributed by atoms with van der Waals surface area (Å²) in [5.74, 6) is 0.516. The molecule has 3 heterocycles. The maximum Gasteiger partial charge on any atom is 0.251 e. The summed E-state index contributed by atoms with van der Waals surface area (Å²) in [5.41, 5.74) is 4.51. The van der Waals surface area contributed by atoms with Crippen molar-refractivity contribution in [1.82, 2.24) is 25.5 Å². The zero-order valence-electron chi connectivity index (χ0n) is 17.9. The zero-order valence-corrected chi connectivity index (χ0v) is 17.9. The number of amides is 1. The van der Waals surface area contributed by atoms with Crippen LogP contribution in [-0.2, 0) is 11.3 Å². The Kier molecular flexibility index (Phi) is 7.11. The summed E-state index contributed by atoms with van der Waals surface area (Å²) in [5, 5.41) is 26.6. The highest BCUT2D eigenvalue weighted by molar-refractivity contribution is 5.97. The first-order valence-electron chi connectivity index (χ1n) is 9.77. The highest BCUT2D eigenvalue weighted by atomic mass is 16.5. The number of carbonyl (C=O) groups excluding carboxylic acids is 2. The van der Waals surface area contributed by atoms with E-state index < -0.39 is 6.47 Å². The van der Waals surface area contributed by atoms with E-state index in [1.165, 1.54) is 0 Å². The fourth-order valence-corrected chi connectivity index (χ4v) is 3.18. The van der Waals surface area contributed by atoms with Crippen LogP contribution in [0.5, 0.6) is 0 Å². The lowest BCUT2D eigenvalue weighted by Gasteiger charge is -2.05. The molecule has 3 aromatic heterocycles. The number of fused-ring (bicyclic) bond motifs is 1. The molecule has 1 aromatic carbocycles. The quantitative estimate of drug-likeness (QED) is 0.321. The minimum Gasteiger partial charge on any atom is -0.554 e. The van der Waals surface area contributed by atoms with E-state index in [0.29, 0.717) is 29.9 Å². The molecule has 0 bridgehead atoms. The van der Waals surface area contributed by atoms with Gasteiger partial charge in [-0.1, -0.05) is 10.4 Å². The van der Waals surface area contributed by atoms with Crippen molar-refractivity contribution in [1.29, 1.82) is 0 Å². The largest absolute Gasteiger partial charge is 0.554 e. The van der Waals surface area contributed by atoms with Crippen LogP contribution < -0.4 is 20.3 Å². The van der Waals surface area contributed by atoms with Gasteiger partial charge in [0.25, 0.3) is 5.91 Å². The van der Waals surface area contributed by atoms with Gasteiger partial charge in [0, 0.05) is 36.9 Å². The molecule has 1 amide bonds. The SMILES string of the molecule is CNc1cc[n+](CCNC(=O)c2ccc3c(c2)nnn3-c2c(C)noc2C)cc1.O=C[O-]. The summed E-state index contributed by atoms with van der Waals surface area (Å²) in [7, 11) is 1.88. The molecular weight excluding hydrogens is 414 g/mol. The first-order valence-corrected chi connectivity index (χ1v) is 9.77. The fourth-order valence-electron chi connectivity index (χ4n) is 3.18. The molecule has 0 radical (unpaired) electrons. The first kappa shape index (κ1) is 22.4. The maximum atomic E-state index is 12.5. The first-order chi connectivity index (χ1) is 15.5. The summed E-state index contributed by atoms with van der Waals surface area (Å²) in [6.07, 6.45) is 3.94. The van der Waals surface area contributed by atoms with Crippen LogP contribution in [0.15, 0.2) is 47.2 Å². The predicted molar refractivity (Wildman–Crippen MR) is 113 cm³/mol. The third-order valence-electron chi connectivity index (χ3n) is 4.75. The summed E-state index contributed by atoms with van der Waals surface area (Å²) < 4.78 is 8.91. The molecule has 0 fully saturated rings. The van der Waals surface area contributed by atoms with Crippen LogP contribution in [0.2, 0.25) is 0 Å². The van der Waals surface area contributed by atoms with Gasteiger partial charge in [-0.15, -0.1) is 5.10 Å². The van der Waals surface area contributed by atoms with Gasteiger partial charge in [-0.2, -0.15) is 0 Å². The molecule has 0 atom stereocenters. The summed E-state index contributed by atoms with van der Waals surface area (Å²) >= 11 is 0. The Labute approximate surface area is 183 Å². The van der Waals surface area contributed by atoms with E-state index >= 15 is 0 Å². The number of hydrogen-bond donors (Lipinski definition) is 2. The standard InChI is InChI=1S/C20H21N7O2.CH2O2/c1-13-19(14(2)29-24-13)27-18-5-4-15(12-17(18)23-25-27)20(28)22-8-11-26-9-6-16(21-3)7-10-26;2-1-3/h4-7,9-10,12H,8,11H2,1-3H3,(H,22,28);1H,(H,2,3). The lowest BCUT2D eigenvalue weighted by molar-refractivity contribution is -0.694. The normalized spacial score (nSPS) is 10.3. The molecule has 32 heavy (non-hydrogen) atoms. The number of hydrogen-bond acceptors (Lipinski definition) is 8. The van der Waals surface area contributed by atoms with Gasteiger partial charge >= 0.3 is 0 Å². The van der Waals surface area contributed by atoms with Crippen LogP contribution in [0.25, 0.3) is 16.7 Å². The van der Waals surface area contributed by atoms with Crippen molar-refractivity contribution in [2.45, 2.75) is 20.4 Å². The highest BCUT2D eigenvalue weighted by Crippen LogP contribution is 2.22. The smallest absolute Gasteiger partial charge is 0.251 e. The Bertz CT molecular complexity index is 1200. The van der Waals surface area contributed by atoms with Gasteiger partial charge in [-0.05, 0) is 32.0 Å². The van der Waals surface area contributed by atoms with Gasteiger partial charge in [0.15, 0.2) is 24.7 Å². The van der Waals surface area contributed by atoms with Crippen LogP contribution in [-0.4, -0.2) is 46.1 Å². The molecule has 0 aliphatic carbocycles. The van der Waals surface area contributed by atoms with Crippen LogP contribution >= 0.6 is 0 Å². The number of aryl methyl sites for hydroxylation is 2. The Hall–Kier alpha value is -4.28. The Morgan fingerprint density at radius 2 is 1.97 bits per heavy atom. The van der Waals surface area contributed by atoms with E-state index in [-0.39, 0.29) is 5.91 Å². The Morgan fingerprint density at radius 3 is 2.59 bits per heavy atom. The predicted octanol–water partition coefficient (Wildman–Crippen LogP) is 0.151. The van der Waals surface area contributed by atoms with Gasteiger partial charge in [0.1, 0.15) is 16.9 Å². The monoisotopic (exact) mass is 437 g/mol. The lowest BCUT2D eigenvalue weighted by atomic mass is 10.2. The summed E-state index contributed by atoms with van der Waals surface area (Å²) in [6.45, 7) is 4.38. The molecule has 166 valence electrons. The number of nitrogens with one attached hydrogen (secondary N) is 2. The van der Waals surface area contributed by atoms with Crippen LogP contribution in [0.1, 0.15) is 21.8 Å². The maximum absolute atomic E-state index is 12.5. The number of aromatic nitrogens is 5. The van der Waals surface area contributed by atoms with E-state index in [1.54, 1.807) is 16.8 Å². The second-order valence-electron chi connectivity index (χ2n) is 6.80. The van der Waals surface area contributed by atoms with Crippen molar-refractivity contribution in [3.8, 4) is 5.69 Å². The molecule has 2 N–H and O–H groups in total. The van der Waals surface area contributed by atoms with Crippen LogP contribution in [0.4, 0.5) is 5.69 Å². The molecule has 0 aliphatic heterocycles. The fraction of sp³-hybridized carbons (Fsp3) is 0.238. The number of rotatable bonds is 6. The van der Waals surface area contributed by atoms with E-state index in [4.69, 9.17) is 14.4 Å². The molecule has 0 saturated carbocycles. The molecule has 11 nitrogen and oxygen atoms in total. The third kappa shape index (κ3) is 4.89. The van der Waals surface area contributed by atoms with Crippen molar-refractivity contribution in [2.24, 2.45) is 0 Å². The minimum atomic E-state index is -0.500. The number of anilines is 1. The zero-order chi connectivity index (χ0) is 23.1. The van der Waals surface area contributed by atoms with Crippen molar-refractivity contribution in [3.05, 3.63) is 59.7 Å². The lowest BCUT2D eigenvalue weighted by Crippen LogP contribution is -2.39. The van der Waals surface area contributed by atoms with E-state index in [0.717, 1.165) is 22.6 Å². The molecular formula is C21H23N7O4. The summed E-state index contributed by atoms with van der Waals surface area (Å²) in [6, 6.07) is 9.31. The minimum absolute atomic E-state index is 0.147. The number of carbonyl (C=O) groups is 2. The van der Waals surface area contributed by atoms with Gasteiger partial charge in [0.05, 0.1) is 12.1 Å². The second-order valence-corrected chi connectivity index (χ2v) is 6.80. The Balaban J connectivity index is 0.000000913. The molecule has 0 unspecified atom stereocenters. The van der Waals surface area contributed by atoms with Gasteiger partial charge < -0.3 is 25.1 Å². The van der Waals surface area contributed by atoms with E-state index in [2.05, 4.69) is 26.1 Å². The number of pyridine rings is 1. The number of carboxylic acid groups (broad SMARTS) is 1. The molecule has 11 heteroatoms. The van der Waals surface area contributed by atoms with Gasteiger partial charge in [0.2, 0.25) is 0 Å². The Morgan fingerprint density at radius 1 is 1.25 bits per heavy atom. The average Bonchev–Trinajstić information content (AvgIpc) is 3.36. The molecule has 0 spiro atoms. The van der Waals surface area contributed by atoms with Crippen LogP contribution in [0.3, 0.4) is 0 Å². The summed E-state index contributed by atoms with van der Waals surface area (Å²) in [4.78, 5) is 20.8. The third-order valence-corrected chi connectivity index (χ3v) is 4.75. The number of nitrogens with zero attached hydrogens (tertiary/aromatic N) is 5. The van der Waals surface area contributed by atoms with E-state index in [9.17, 15) is 4.79 Å². The van der Waals surface area contributed by atoms with Crippen LogP contribution in [0, 0.1) is 13.8 Å². The van der Waals surface area contributed by atoms with Crippen molar-refractivity contribution in [3.63, 3.8) is 0 Å². The second kappa shape index (κ2) is 10.2. The van der Waals surface area contributed by atoms with Gasteiger partial charge in [-0.3, -0.25) is 4.79 Å². The van der Waals surface area contributed by atoms with Crippen molar-refractivity contribution < 1.29 is 23.8 Å². The van der Waals surface area contributed by atoms with Gasteiger partial charge in [-0.25, -0.2) is 9.25 Å². The molecule has 4 aromatic rings. The highest BCUT2D eigenvalue weighted by Gasteiger charge is 2.17. The van der Waals surface area contributed by atoms with Crippen molar-refractivity contribution in [2.75, 3.05) is 18.9 Å². The van der Waals surface area contributed by atoms with E-state index in [1.807, 2.05) is 56.1 Å². The van der Waals surface area contributed by atoms with Crippen molar-refractivity contribution >= 4 is 29.1 Å². The topological polar surface area (TPSA) is 142 Å². The molecule has 0 aliphatic rings. The average molecular weight is 437 g/mol.